The van der Waals surface area contributed by atoms with E-state index in [4.69, 9.17) is 9.47 Å². The van der Waals surface area contributed by atoms with Crippen molar-refractivity contribution in [3.8, 4) is 11.5 Å². The van der Waals surface area contributed by atoms with Gasteiger partial charge in [0.15, 0.2) is 11.5 Å². The molecule has 0 radical (unpaired) electrons. The predicted octanol–water partition coefficient (Wildman–Crippen LogP) is 2.33. The van der Waals surface area contributed by atoms with Crippen LogP contribution in [0, 0.1) is 0 Å². The van der Waals surface area contributed by atoms with Gasteiger partial charge >= 0.3 is 0 Å². The van der Waals surface area contributed by atoms with Crippen LogP contribution in [-0.4, -0.2) is 34.9 Å². The Bertz CT molecular complexity index is 367. The molecule has 0 bridgehead atoms. The highest BCUT2D eigenvalue weighted by Crippen LogP contribution is 2.32. The summed E-state index contributed by atoms with van der Waals surface area (Å²) >= 11 is 1.71. The number of thioether (sulfide) groups is 1. The fraction of sp³-hybridized carbons (Fsp3) is 0.538. The Hall–Kier alpha value is -0.870. The number of hydrogen-bond donors (Lipinski definition) is 1. The van der Waals surface area contributed by atoms with E-state index < -0.39 is 0 Å². The van der Waals surface area contributed by atoms with Gasteiger partial charge in [-0.3, -0.25) is 0 Å². The molecule has 0 spiro atoms. The van der Waals surface area contributed by atoms with Gasteiger partial charge in [0.2, 0.25) is 0 Å². The van der Waals surface area contributed by atoms with Crippen LogP contribution in [0.5, 0.6) is 11.5 Å². The summed E-state index contributed by atoms with van der Waals surface area (Å²) in [5, 5.41) is 9.63. The quantitative estimate of drug-likeness (QED) is 0.895. The molecule has 1 N–H and O–H groups in total. The molecule has 1 aliphatic heterocycles. The zero-order chi connectivity index (χ0) is 12.3. The molecule has 94 valence electrons. The molecule has 2 rings (SSSR count). The maximum atomic E-state index is 9.42. The molecule has 0 saturated carbocycles. The second-order valence-electron chi connectivity index (χ2n) is 4.28. The normalized spacial score (nSPS) is 21.9. The highest BCUT2D eigenvalue weighted by atomic mass is 32.2. The Kier molecular flexibility index (Phi) is 4.18. The van der Waals surface area contributed by atoms with Crippen molar-refractivity contribution >= 4 is 11.8 Å². The van der Waals surface area contributed by atoms with Gasteiger partial charge in [0, 0.05) is 11.0 Å². The first-order valence-corrected chi connectivity index (χ1v) is 6.90. The molecular weight excluding hydrogens is 236 g/mol. The van der Waals surface area contributed by atoms with Gasteiger partial charge in [0.25, 0.3) is 0 Å². The van der Waals surface area contributed by atoms with Crippen LogP contribution in [-0.2, 0) is 0 Å². The first-order chi connectivity index (χ1) is 8.16. The minimum atomic E-state index is -0.295. The minimum absolute atomic E-state index is 0.0658. The fourth-order valence-electron chi connectivity index (χ4n) is 1.54. The molecule has 1 aromatic carbocycles. The van der Waals surface area contributed by atoms with E-state index in [1.165, 1.54) is 0 Å². The summed E-state index contributed by atoms with van der Waals surface area (Å²) < 4.78 is 11.5. The molecule has 1 heterocycles. The monoisotopic (exact) mass is 254 g/mol. The number of benzene rings is 1. The highest BCUT2D eigenvalue weighted by molar-refractivity contribution is 7.99. The molecule has 0 amide bonds. The maximum absolute atomic E-state index is 9.42. The molecule has 3 atom stereocenters. The molecule has 4 heteroatoms. The van der Waals surface area contributed by atoms with Crippen LogP contribution >= 0.6 is 11.8 Å². The van der Waals surface area contributed by atoms with Gasteiger partial charge in [-0.1, -0.05) is 19.1 Å². The summed E-state index contributed by atoms with van der Waals surface area (Å²) in [5.74, 6) is 2.46. The van der Waals surface area contributed by atoms with Crippen LogP contribution in [0.3, 0.4) is 0 Å². The summed E-state index contributed by atoms with van der Waals surface area (Å²) in [6.45, 7) is 4.41. The van der Waals surface area contributed by atoms with Crippen molar-refractivity contribution in [2.75, 3.05) is 12.4 Å². The minimum Gasteiger partial charge on any atom is -0.486 e. The summed E-state index contributed by atoms with van der Waals surface area (Å²) in [5.41, 5.74) is 0. The Morgan fingerprint density at radius 2 is 2.06 bits per heavy atom. The Morgan fingerprint density at radius 3 is 2.76 bits per heavy atom. The molecule has 17 heavy (non-hydrogen) atoms. The van der Waals surface area contributed by atoms with Crippen LogP contribution in [0.1, 0.15) is 13.8 Å². The molecule has 0 saturated heterocycles. The molecular formula is C13H18O3S. The van der Waals surface area contributed by atoms with E-state index in [9.17, 15) is 5.11 Å². The van der Waals surface area contributed by atoms with Crippen LogP contribution < -0.4 is 9.47 Å². The zero-order valence-corrected chi connectivity index (χ0v) is 10.9. The van der Waals surface area contributed by atoms with Crippen LogP contribution in [0.15, 0.2) is 24.3 Å². The second kappa shape index (κ2) is 5.65. The number of aliphatic hydroxyl groups excluding tert-OH is 1. The Morgan fingerprint density at radius 1 is 1.35 bits per heavy atom. The van der Waals surface area contributed by atoms with Crippen molar-refractivity contribution < 1.29 is 14.6 Å². The van der Waals surface area contributed by atoms with Crippen molar-refractivity contribution in [1.29, 1.82) is 0 Å². The largest absolute Gasteiger partial charge is 0.486 e. The number of para-hydroxylation sites is 2. The van der Waals surface area contributed by atoms with E-state index in [0.717, 1.165) is 17.3 Å². The highest BCUT2D eigenvalue weighted by Gasteiger charge is 2.22. The van der Waals surface area contributed by atoms with E-state index >= 15 is 0 Å². The number of rotatable bonds is 4. The van der Waals surface area contributed by atoms with Crippen LogP contribution in [0.25, 0.3) is 0 Å². The third-order valence-corrected chi connectivity index (χ3v) is 4.28. The van der Waals surface area contributed by atoms with E-state index in [0.29, 0.717) is 6.61 Å². The van der Waals surface area contributed by atoms with E-state index in [2.05, 4.69) is 0 Å². The molecule has 0 aromatic heterocycles. The SMILES string of the molecule is CC(O)C(C)SCC1COc2ccccc2O1. The second-order valence-corrected chi connectivity index (χ2v) is 5.69. The summed E-state index contributed by atoms with van der Waals surface area (Å²) in [4.78, 5) is 0. The number of aliphatic hydroxyl groups is 1. The van der Waals surface area contributed by atoms with Gasteiger partial charge in [0.05, 0.1) is 6.10 Å². The fourth-order valence-corrected chi connectivity index (χ4v) is 2.50. The standard InChI is InChI=1S/C13H18O3S/c1-9(14)10(2)17-8-11-7-15-12-5-3-4-6-13(12)16-11/h3-6,9-11,14H,7-8H2,1-2H3. The van der Waals surface area contributed by atoms with Gasteiger partial charge in [-0.15, -0.1) is 0 Å². The molecule has 0 aliphatic carbocycles. The van der Waals surface area contributed by atoms with Crippen molar-refractivity contribution in [2.24, 2.45) is 0 Å². The summed E-state index contributed by atoms with van der Waals surface area (Å²) in [7, 11) is 0. The lowest BCUT2D eigenvalue weighted by molar-refractivity contribution is 0.107. The summed E-state index contributed by atoms with van der Waals surface area (Å²) in [6, 6.07) is 7.71. The van der Waals surface area contributed by atoms with Gasteiger partial charge in [-0.05, 0) is 19.1 Å². The van der Waals surface area contributed by atoms with Gasteiger partial charge < -0.3 is 14.6 Å². The third kappa shape index (κ3) is 3.30. The lowest BCUT2D eigenvalue weighted by Crippen LogP contribution is -2.32. The van der Waals surface area contributed by atoms with Gasteiger partial charge in [-0.25, -0.2) is 0 Å². The number of ether oxygens (including phenoxy) is 2. The van der Waals surface area contributed by atoms with Crippen molar-refractivity contribution in [1.82, 2.24) is 0 Å². The van der Waals surface area contributed by atoms with Crippen LogP contribution in [0.4, 0.5) is 0 Å². The average molecular weight is 254 g/mol. The average Bonchev–Trinajstić information content (AvgIpc) is 2.35. The van der Waals surface area contributed by atoms with Crippen molar-refractivity contribution in [2.45, 2.75) is 31.3 Å². The third-order valence-electron chi connectivity index (χ3n) is 2.79. The van der Waals surface area contributed by atoms with Crippen molar-refractivity contribution in [3.63, 3.8) is 0 Å². The smallest absolute Gasteiger partial charge is 0.161 e. The summed E-state index contributed by atoms with van der Waals surface area (Å²) in [6.07, 6.45) is -0.229. The predicted molar refractivity (Wildman–Crippen MR) is 70.0 cm³/mol. The van der Waals surface area contributed by atoms with Gasteiger partial charge in [0.1, 0.15) is 12.7 Å². The molecule has 0 fully saturated rings. The Labute approximate surface area is 106 Å². The zero-order valence-electron chi connectivity index (χ0n) is 10.1. The lowest BCUT2D eigenvalue weighted by atomic mass is 10.3. The molecule has 1 aliphatic rings. The number of fused-ring (bicyclic) bond motifs is 1. The van der Waals surface area contributed by atoms with E-state index in [-0.39, 0.29) is 17.5 Å². The molecule has 1 aromatic rings. The van der Waals surface area contributed by atoms with Crippen molar-refractivity contribution in [3.05, 3.63) is 24.3 Å². The van der Waals surface area contributed by atoms with Gasteiger partial charge in [-0.2, -0.15) is 11.8 Å². The van der Waals surface area contributed by atoms with E-state index in [1.807, 2.05) is 38.1 Å². The first kappa shape index (κ1) is 12.6. The first-order valence-electron chi connectivity index (χ1n) is 5.85. The Balaban J connectivity index is 1.86. The molecule has 3 nitrogen and oxygen atoms in total. The van der Waals surface area contributed by atoms with E-state index in [1.54, 1.807) is 11.8 Å². The maximum Gasteiger partial charge on any atom is 0.161 e. The topological polar surface area (TPSA) is 38.7 Å². The lowest BCUT2D eigenvalue weighted by Gasteiger charge is -2.27. The number of hydrogen-bond acceptors (Lipinski definition) is 4. The van der Waals surface area contributed by atoms with Crippen LogP contribution in [0.2, 0.25) is 0 Å². The molecule has 3 unspecified atom stereocenters.